The lowest BCUT2D eigenvalue weighted by molar-refractivity contribution is -0.117. The first kappa shape index (κ1) is 15.6. The maximum absolute atomic E-state index is 11.8. The van der Waals surface area contributed by atoms with Crippen LogP contribution >= 0.6 is 11.3 Å². The number of aromatic nitrogens is 1. The number of hydrazine groups is 1. The highest BCUT2D eigenvalue weighted by Crippen LogP contribution is 2.38. The van der Waals surface area contributed by atoms with Gasteiger partial charge in [-0.3, -0.25) is 20.4 Å². The summed E-state index contributed by atoms with van der Waals surface area (Å²) in [6, 6.07) is 6.20. The monoisotopic (exact) mass is 329 g/mol. The molecule has 2 aromatic heterocycles. The third-order valence-corrected chi connectivity index (χ3v) is 4.76. The van der Waals surface area contributed by atoms with E-state index in [4.69, 9.17) is 0 Å². The SMILES string of the molecule is Cc1cc(/C=C/C(=O)NNC(=O)c2cccs2)c(C)n1C1CC1. The number of nitrogens with zero attached hydrogens (tertiary/aromatic N) is 1. The Kier molecular flexibility index (Phi) is 4.34. The first-order chi connectivity index (χ1) is 11.1. The van der Waals surface area contributed by atoms with E-state index < -0.39 is 0 Å². The zero-order valence-corrected chi connectivity index (χ0v) is 13.9. The smallest absolute Gasteiger partial charge is 0.279 e. The molecule has 0 radical (unpaired) electrons. The van der Waals surface area contributed by atoms with E-state index >= 15 is 0 Å². The minimum atomic E-state index is -0.355. The van der Waals surface area contributed by atoms with Crippen LogP contribution in [0.1, 0.15) is 45.5 Å². The summed E-state index contributed by atoms with van der Waals surface area (Å²) in [6.45, 7) is 4.16. The van der Waals surface area contributed by atoms with Crippen molar-refractivity contribution in [2.45, 2.75) is 32.7 Å². The first-order valence-corrected chi connectivity index (χ1v) is 8.44. The molecule has 23 heavy (non-hydrogen) atoms. The van der Waals surface area contributed by atoms with Gasteiger partial charge in [-0.15, -0.1) is 11.3 Å². The summed E-state index contributed by atoms with van der Waals surface area (Å²) in [6.07, 6.45) is 5.69. The minimum absolute atomic E-state index is 0.311. The lowest BCUT2D eigenvalue weighted by atomic mass is 10.2. The van der Waals surface area contributed by atoms with Gasteiger partial charge < -0.3 is 4.57 Å². The van der Waals surface area contributed by atoms with Crippen LogP contribution in [0.5, 0.6) is 0 Å². The molecule has 120 valence electrons. The second-order valence-corrected chi connectivity index (χ2v) is 6.63. The Morgan fingerprint density at radius 1 is 1.30 bits per heavy atom. The topological polar surface area (TPSA) is 63.1 Å². The van der Waals surface area contributed by atoms with Crippen LogP contribution in [0.25, 0.3) is 6.08 Å². The molecule has 0 spiro atoms. The Hall–Kier alpha value is -2.34. The molecule has 1 fully saturated rings. The Labute approximate surface area is 139 Å². The first-order valence-electron chi connectivity index (χ1n) is 7.56. The Bertz CT molecular complexity index is 755. The normalized spacial score (nSPS) is 14.2. The van der Waals surface area contributed by atoms with Gasteiger partial charge in [0, 0.05) is 23.5 Å². The molecule has 0 bridgehead atoms. The third kappa shape index (κ3) is 3.53. The number of amides is 2. The molecule has 2 heterocycles. The number of carbonyl (C=O) groups excluding carboxylic acids is 2. The van der Waals surface area contributed by atoms with Gasteiger partial charge in [-0.25, -0.2) is 0 Å². The predicted octanol–water partition coefficient (Wildman–Crippen LogP) is 2.98. The summed E-state index contributed by atoms with van der Waals surface area (Å²) in [5.41, 5.74) is 8.22. The summed E-state index contributed by atoms with van der Waals surface area (Å²) < 4.78 is 2.33. The van der Waals surface area contributed by atoms with E-state index in [0.717, 1.165) is 5.56 Å². The minimum Gasteiger partial charge on any atom is -0.346 e. The molecule has 1 aliphatic carbocycles. The van der Waals surface area contributed by atoms with Crippen molar-refractivity contribution < 1.29 is 9.59 Å². The molecule has 6 heteroatoms. The Morgan fingerprint density at radius 3 is 2.74 bits per heavy atom. The van der Waals surface area contributed by atoms with Crippen LogP contribution in [0.2, 0.25) is 0 Å². The van der Waals surface area contributed by atoms with Gasteiger partial charge in [-0.2, -0.15) is 0 Å². The molecular formula is C17H19N3O2S. The molecule has 0 aromatic carbocycles. The molecule has 2 N–H and O–H groups in total. The quantitative estimate of drug-likeness (QED) is 0.669. The van der Waals surface area contributed by atoms with Crippen molar-refractivity contribution in [1.29, 1.82) is 0 Å². The second-order valence-electron chi connectivity index (χ2n) is 5.68. The molecule has 2 aromatic rings. The van der Waals surface area contributed by atoms with Crippen molar-refractivity contribution in [3.63, 3.8) is 0 Å². The van der Waals surface area contributed by atoms with Crippen LogP contribution in [-0.2, 0) is 4.79 Å². The summed E-state index contributed by atoms with van der Waals surface area (Å²) in [5, 5.41) is 1.81. The highest BCUT2D eigenvalue weighted by atomic mass is 32.1. The van der Waals surface area contributed by atoms with Gasteiger partial charge in [0.1, 0.15) is 0 Å². The number of aryl methyl sites for hydroxylation is 1. The van der Waals surface area contributed by atoms with Crippen molar-refractivity contribution in [3.05, 3.63) is 51.5 Å². The van der Waals surface area contributed by atoms with Crippen molar-refractivity contribution in [3.8, 4) is 0 Å². The number of hydrogen-bond donors (Lipinski definition) is 2. The van der Waals surface area contributed by atoms with Crippen LogP contribution < -0.4 is 10.9 Å². The molecule has 0 aliphatic heterocycles. The van der Waals surface area contributed by atoms with Crippen molar-refractivity contribution in [2.75, 3.05) is 0 Å². The molecule has 0 atom stereocenters. The van der Waals surface area contributed by atoms with Crippen LogP contribution in [0, 0.1) is 13.8 Å². The lowest BCUT2D eigenvalue weighted by Gasteiger charge is -2.06. The van der Waals surface area contributed by atoms with E-state index in [1.54, 1.807) is 18.2 Å². The van der Waals surface area contributed by atoms with Crippen LogP contribution in [0.3, 0.4) is 0 Å². The number of hydrogen-bond acceptors (Lipinski definition) is 3. The van der Waals surface area contributed by atoms with Gasteiger partial charge in [-0.05, 0) is 55.8 Å². The highest BCUT2D eigenvalue weighted by molar-refractivity contribution is 7.12. The molecular weight excluding hydrogens is 310 g/mol. The average Bonchev–Trinajstić information content (AvgIpc) is 3.11. The number of carbonyl (C=O) groups is 2. The largest absolute Gasteiger partial charge is 0.346 e. The third-order valence-electron chi connectivity index (χ3n) is 3.89. The van der Waals surface area contributed by atoms with Gasteiger partial charge in [0.2, 0.25) is 0 Å². The molecule has 1 saturated carbocycles. The maximum Gasteiger partial charge on any atom is 0.279 e. The van der Waals surface area contributed by atoms with Gasteiger partial charge >= 0.3 is 0 Å². The van der Waals surface area contributed by atoms with Gasteiger partial charge in [0.15, 0.2) is 0 Å². The van der Waals surface area contributed by atoms with Crippen molar-refractivity contribution >= 4 is 29.2 Å². The summed E-state index contributed by atoms with van der Waals surface area (Å²) in [5.74, 6) is -0.667. The number of thiophene rings is 1. The Balaban J connectivity index is 1.58. The highest BCUT2D eigenvalue weighted by Gasteiger charge is 2.26. The number of rotatable bonds is 4. The zero-order chi connectivity index (χ0) is 16.4. The number of nitrogens with one attached hydrogen (secondary N) is 2. The fourth-order valence-electron chi connectivity index (χ4n) is 2.66. The van der Waals surface area contributed by atoms with E-state index in [0.29, 0.717) is 10.9 Å². The molecule has 0 unspecified atom stereocenters. The van der Waals surface area contributed by atoms with Gasteiger partial charge in [0.25, 0.3) is 11.8 Å². The second kappa shape index (κ2) is 6.42. The van der Waals surface area contributed by atoms with E-state index in [9.17, 15) is 9.59 Å². The lowest BCUT2D eigenvalue weighted by Crippen LogP contribution is -2.40. The van der Waals surface area contributed by atoms with Gasteiger partial charge in [-0.1, -0.05) is 6.07 Å². The van der Waals surface area contributed by atoms with Crippen LogP contribution in [-0.4, -0.2) is 16.4 Å². The maximum atomic E-state index is 11.8. The average molecular weight is 329 g/mol. The van der Waals surface area contributed by atoms with E-state index in [1.807, 2.05) is 5.38 Å². The standard InChI is InChI=1S/C17H19N3O2S/c1-11-10-13(12(2)20(11)14-6-7-14)5-8-16(21)18-19-17(22)15-4-3-9-23-15/h3-5,8-10,14H,6-7H2,1-2H3,(H,18,21)(H,19,22)/b8-5+. The van der Waals surface area contributed by atoms with Crippen LogP contribution in [0.4, 0.5) is 0 Å². The zero-order valence-electron chi connectivity index (χ0n) is 13.1. The summed E-state index contributed by atoms with van der Waals surface area (Å²) in [7, 11) is 0. The summed E-state index contributed by atoms with van der Waals surface area (Å²) in [4.78, 5) is 24.1. The van der Waals surface area contributed by atoms with E-state index in [-0.39, 0.29) is 11.8 Å². The molecule has 1 aliphatic rings. The molecule has 5 nitrogen and oxygen atoms in total. The predicted molar refractivity (Wildman–Crippen MR) is 91.1 cm³/mol. The fraction of sp³-hybridized carbons (Fsp3) is 0.294. The summed E-state index contributed by atoms with van der Waals surface area (Å²) >= 11 is 1.32. The molecule has 3 rings (SSSR count). The Morgan fingerprint density at radius 2 is 2.09 bits per heavy atom. The fourth-order valence-corrected chi connectivity index (χ4v) is 3.28. The molecule has 0 saturated heterocycles. The van der Waals surface area contributed by atoms with Crippen molar-refractivity contribution in [1.82, 2.24) is 15.4 Å². The van der Waals surface area contributed by atoms with Crippen molar-refractivity contribution in [2.24, 2.45) is 0 Å². The van der Waals surface area contributed by atoms with Crippen LogP contribution in [0.15, 0.2) is 29.7 Å². The molecule has 2 amide bonds. The van der Waals surface area contributed by atoms with E-state index in [2.05, 4.69) is 35.3 Å². The van der Waals surface area contributed by atoms with E-state index in [1.165, 1.54) is 41.6 Å². The van der Waals surface area contributed by atoms with Gasteiger partial charge in [0.05, 0.1) is 4.88 Å².